The van der Waals surface area contributed by atoms with Crippen LogP contribution in [0.4, 0.5) is 4.79 Å². The molecule has 12 nitrogen and oxygen atoms in total. The van der Waals surface area contributed by atoms with E-state index >= 15 is 0 Å². The number of urea groups is 1. The van der Waals surface area contributed by atoms with E-state index in [-0.39, 0.29) is 25.8 Å². The third-order valence-corrected chi connectivity index (χ3v) is 4.41. The molecule has 0 unspecified atom stereocenters. The second-order valence-electron chi connectivity index (χ2n) is 6.17. The van der Waals surface area contributed by atoms with Crippen LogP contribution in [0, 0.1) is 0 Å². The summed E-state index contributed by atoms with van der Waals surface area (Å²) in [5.41, 5.74) is 0. The van der Waals surface area contributed by atoms with E-state index in [1.807, 2.05) is 0 Å². The van der Waals surface area contributed by atoms with E-state index in [2.05, 4.69) is 4.28 Å². The summed E-state index contributed by atoms with van der Waals surface area (Å²) < 4.78 is 34.7. The maximum absolute atomic E-state index is 12.5. The number of piperidine rings is 1. The minimum Gasteiger partial charge on any atom is -0.309 e. The van der Waals surface area contributed by atoms with E-state index in [0.29, 0.717) is 16.6 Å². The highest BCUT2D eigenvalue weighted by Gasteiger charge is 2.50. The highest BCUT2D eigenvalue weighted by atomic mass is 32.3. The highest BCUT2D eigenvalue weighted by molar-refractivity contribution is 7.80. The Hall–Kier alpha value is -1.80. The summed E-state index contributed by atoms with van der Waals surface area (Å²) in [5, 5.41) is 1.02. The van der Waals surface area contributed by atoms with Crippen molar-refractivity contribution in [2.24, 2.45) is 5.84 Å². The van der Waals surface area contributed by atoms with E-state index in [1.54, 1.807) is 19.0 Å². The molecule has 2 atom stereocenters. The van der Waals surface area contributed by atoms with Crippen LogP contribution in [0.1, 0.15) is 19.3 Å². The molecule has 142 valence electrons. The van der Waals surface area contributed by atoms with Gasteiger partial charge in [0.1, 0.15) is 6.04 Å². The fourth-order valence-electron chi connectivity index (χ4n) is 2.81. The molecule has 0 aromatic rings. The van der Waals surface area contributed by atoms with Crippen LogP contribution >= 0.6 is 0 Å². The SMILES string of the molecule is CN(C)CCC(=O)N(N)C(=O)[C@@H]1CC[C@@H]2CN1C(=O)N2OS(=O)(=O)O. The van der Waals surface area contributed by atoms with Gasteiger partial charge in [0.15, 0.2) is 0 Å². The molecular weight excluding hydrogens is 358 g/mol. The Balaban J connectivity index is 2.05. The number of nitrogens with zero attached hydrogens (tertiary/aromatic N) is 4. The molecule has 0 spiro atoms. The summed E-state index contributed by atoms with van der Waals surface area (Å²) in [5.74, 6) is 4.26. The molecule has 4 amide bonds. The molecule has 25 heavy (non-hydrogen) atoms. The van der Waals surface area contributed by atoms with Gasteiger partial charge in [0, 0.05) is 19.5 Å². The predicted octanol–water partition coefficient (Wildman–Crippen LogP) is -1.83. The van der Waals surface area contributed by atoms with Gasteiger partial charge in [-0.1, -0.05) is 0 Å². The number of hydrazine groups is 1. The molecule has 2 heterocycles. The maximum Gasteiger partial charge on any atom is 0.418 e. The summed E-state index contributed by atoms with van der Waals surface area (Å²) >= 11 is 0. The first-order valence-corrected chi connectivity index (χ1v) is 8.91. The Kier molecular flexibility index (Phi) is 5.63. The third kappa shape index (κ3) is 4.43. The second kappa shape index (κ2) is 7.21. The normalized spacial score (nSPS) is 23.3. The summed E-state index contributed by atoms with van der Waals surface area (Å²) in [6, 6.07) is -2.49. The van der Waals surface area contributed by atoms with Gasteiger partial charge in [0.25, 0.3) is 5.91 Å². The average Bonchev–Trinajstić information content (AvgIpc) is 2.75. The van der Waals surface area contributed by atoms with Crippen molar-refractivity contribution in [2.45, 2.75) is 31.3 Å². The first kappa shape index (κ1) is 19.5. The molecule has 2 fully saturated rings. The molecule has 3 N–H and O–H groups in total. The van der Waals surface area contributed by atoms with Gasteiger partial charge in [-0.15, -0.1) is 4.28 Å². The first-order valence-electron chi connectivity index (χ1n) is 7.54. The topological polar surface area (TPSA) is 154 Å². The summed E-state index contributed by atoms with van der Waals surface area (Å²) in [6.45, 7) is 0.440. The number of imide groups is 1. The van der Waals surface area contributed by atoms with Crippen LogP contribution in [0.15, 0.2) is 0 Å². The molecule has 0 aliphatic carbocycles. The van der Waals surface area contributed by atoms with Crippen LogP contribution in [0.3, 0.4) is 0 Å². The van der Waals surface area contributed by atoms with Crippen LogP contribution in [-0.4, -0.2) is 90.0 Å². The lowest BCUT2D eigenvalue weighted by molar-refractivity contribution is -0.148. The zero-order valence-corrected chi connectivity index (χ0v) is 14.7. The van der Waals surface area contributed by atoms with Crippen LogP contribution in [0.2, 0.25) is 0 Å². The fourth-order valence-corrected chi connectivity index (χ4v) is 3.20. The molecule has 2 saturated heterocycles. The Labute approximate surface area is 144 Å². The largest absolute Gasteiger partial charge is 0.418 e. The van der Waals surface area contributed by atoms with Crippen LogP contribution in [0.25, 0.3) is 0 Å². The molecule has 13 heteroatoms. The Bertz CT molecular complexity index is 667. The summed E-state index contributed by atoms with van der Waals surface area (Å²) in [4.78, 5) is 39.5. The van der Waals surface area contributed by atoms with Crippen LogP contribution < -0.4 is 5.84 Å². The Morgan fingerprint density at radius 1 is 1.36 bits per heavy atom. The zero-order valence-electron chi connectivity index (χ0n) is 13.9. The minimum atomic E-state index is -4.86. The molecule has 0 aromatic heterocycles. The molecular formula is C12H21N5O7S. The van der Waals surface area contributed by atoms with Gasteiger partial charge in [-0.25, -0.2) is 15.6 Å². The van der Waals surface area contributed by atoms with Gasteiger partial charge in [-0.2, -0.15) is 13.5 Å². The molecule has 0 radical (unpaired) electrons. The van der Waals surface area contributed by atoms with Crippen molar-refractivity contribution in [3.63, 3.8) is 0 Å². The summed E-state index contributed by atoms with van der Waals surface area (Å²) in [7, 11) is -1.33. The number of fused-ring (bicyclic) bond motifs is 2. The lowest BCUT2D eigenvalue weighted by atomic mass is 10.00. The van der Waals surface area contributed by atoms with Crippen LogP contribution in [-0.2, 0) is 24.3 Å². The first-order chi connectivity index (χ1) is 11.5. The lowest BCUT2D eigenvalue weighted by Gasteiger charge is -2.31. The fraction of sp³-hybridized carbons (Fsp3) is 0.750. The predicted molar refractivity (Wildman–Crippen MR) is 82.6 cm³/mol. The summed E-state index contributed by atoms with van der Waals surface area (Å²) in [6.07, 6.45) is 0.486. The van der Waals surface area contributed by atoms with Gasteiger partial charge in [0.2, 0.25) is 5.91 Å². The van der Waals surface area contributed by atoms with Gasteiger partial charge >= 0.3 is 16.4 Å². The number of hydrogen-bond donors (Lipinski definition) is 2. The number of carbonyl (C=O) groups excluding carboxylic acids is 3. The van der Waals surface area contributed by atoms with Crippen molar-refractivity contribution in [1.82, 2.24) is 19.9 Å². The Morgan fingerprint density at radius 2 is 2.00 bits per heavy atom. The number of hydrogen-bond acceptors (Lipinski definition) is 8. The van der Waals surface area contributed by atoms with Gasteiger partial charge in [0.05, 0.1) is 6.04 Å². The third-order valence-electron chi connectivity index (χ3n) is 4.06. The maximum atomic E-state index is 12.5. The zero-order chi connectivity index (χ0) is 18.9. The van der Waals surface area contributed by atoms with Crippen LogP contribution in [0.5, 0.6) is 0 Å². The standard InChI is InChI=1S/C12H21N5O7S/c1-14(2)6-5-10(18)16(13)11(19)9-4-3-8-7-15(9)12(20)17(8)24-25(21,22)23/h8-9H,3-7,13H2,1-2H3,(H,21,22,23)/t8-,9+/m1/s1. The number of amides is 4. The molecule has 0 aromatic carbocycles. The smallest absolute Gasteiger partial charge is 0.309 e. The molecule has 2 bridgehead atoms. The minimum absolute atomic E-state index is 0.0322. The van der Waals surface area contributed by atoms with E-state index in [9.17, 15) is 22.8 Å². The number of hydroxylamine groups is 2. The second-order valence-corrected chi connectivity index (χ2v) is 7.17. The van der Waals surface area contributed by atoms with E-state index in [0.717, 1.165) is 4.90 Å². The number of nitrogens with two attached hydrogens (primary N) is 1. The highest BCUT2D eigenvalue weighted by Crippen LogP contribution is 2.31. The Morgan fingerprint density at radius 3 is 2.56 bits per heavy atom. The van der Waals surface area contributed by atoms with Crippen molar-refractivity contribution in [1.29, 1.82) is 0 Å². The van der Waals surface area contributed by atoms with Crippen molar-refractivity contribution in [3.05, 3.63) is 0 Å². The lowest BCUT2D eigenvalue weighted by Crippen LogP contribution is -2.55. The average molecular weight is 379 g/mol. The van der Waals surface area contributed by atoms with E-state index < -0.39 is 40.3 Å². The quantitative estimate of drug-likeness (QED) is 0.235. The van der Waals surface area contributed by atoms with Crippen molar-refractivity contribution < 1.29 is 31.6 Å². The van der Waals surface area contributed by atoms with Crippen molar-refractivity contribution in [3.8, 4) is 0 Å². The molecule has 2 rings (SSSR count). The van der Waals surface area contributed by atoms with Crippen molar-refractivity contribution in [2.75, 3.05) is 27.2 Å². The van der Waals surface area contributed by atoms with Crippen molar-refractivity contribution >= 4 is 28.2 Å². The molecule has 0 saturated carbocycles. The van der Waals surface area contributed by atoms with E-state index in [4.69, 9.17) is 10.4 Å². The van der Waals surface area contributed by atoms with Gasteiger partial charge in [-0.05, 0) is 26.9 Å². The number of rotatable bonds is 6. The van der Waals surface area contributed by atoms with Gasteiger partial charge in [-0.3, -0.25) is 14.1 Å². The monoisotopic (exact) mass is 379 g/mol. The number of carbonyl (C=O) groups is 3. The van der Waals surface area contributed by atoms with Gasteiger partial charge < -0.3 is 9.80 Å². The molecule has 2 aliphatic rings. The van der Waals surface area contributed by atoms with E-state index in [1.165, 1.54) is 0 Å². The molecule has 2 aliphatic heterocycles.